The molecule has 1 rings (SSSR count). The van der Waals surface area contributed by atoms with Crippen molar-refractivity contribution in [1.29, 1.82) is 0 Å². The number of alkyl halides is 3. The van der Waals surface area contributed by atoms with Gasteiger partial charge in [0.15, 0.2) is 6.10 Å². The average molecular weight is 241 g/mol. The molecule has 0 aromatic rings. The summed E-state index contributed by atoms with van der Waals surface area (Å²) in [4.78, 5) is 21.9. The Labute approximate surface area is 88.8 Å². The molecular formula is C8H10F3NO4. The van der Waals surface area contributed by atoms with E-state index in [1.54, 1.807) is 0 Å². The number of carboxylic acid groups (broad SMARTS) is 1. The minimum atomic E-state index is -4.93. The van der Waals surface area contributed by atoms with Crippen LogP contribution in [0, 0.1) is 0 Å². The molecule has 1 fully saturated rings. The molecule has 1 unspecified atom stereocenters. The Bertz CT molecular complexity index is 291. The Hall–Kier alpha value is -1.31. The second kappa shape index (κ2) is 4.69. The van der Waals surface area contributed by atoms with Gasteiger partial charge in [-0.1, -0.05) is 0 Å². The number of nitrogens with zero attached hydrogens (tertiary/aromatic N) is 1. The zero-order valence-electron chi connectivity index (χ0n) is 8.16. The molecule has 1 atom stereocenters. The molecule has 5 nitrogen and oxygen atoms in total. The van der Waals surface area contributed by atoms with Gasteiger partial charge < -0.3 is 14.7 Å². The van der Waals surface area contributed by atoms with Gasteiger partial charge in [0.2, 0.25) is 0 Å². The third-order valence-electron chi connectivity index (χ3n) is 2.15. The van der Waals surface area contributed by atoms with Crippen molar-refractivity contribution in [3.05, 3.63) is 0 Å². The molecular weight excluding hydrogens is 231 g/mol. The molecule has 0 saturated carbocycles. The van der Waals surface area contributed by atoms with Crippen LogP contribution in [0.4, 0.5) is 13.2 Å². The summed E-state index contributed by atoms with van der Waals surface area (Å²) in [5, 5.41) is 8.60. The second-order valence-corrected chi connectivity index (χ2v) is 3.28. The van der Waals surface area contributed by atoms with Crippen molar-refractivity contribution in [3.63, 3.8) is 0 Å². The van der Waals surface area contributed by atoms with E-state index >= 15 is 0 Å². The van der Waals surface area contributed by atoms with Crippen LogP contribution in [0.15, 0.2) is 0 Å². The summed E-state index contributed by atoms with van der Waals surface area (Å²) in [6, 6.07) is 0. The maximum atomic E-state index is 12.1. The van der Waals surface area contributed by atoms with E-state index in [9.17, 15) is 22.8 Å². The number of carbonyl (C=O) groups excluding carboxylic acids is 1. The highest BCUT2D eigenvalue weighted by Crippen LogP contribution is 2.20. The highest BCUT2D eigenvalue weighted by atomic mass is 19.4. The minimum absolute atomic E-state index is 0.142. The summed E-state index contributed by atoms with van der Waals surface area (Å²) in [7, 11) is 0. The molecule has 16 heavy (non-hydrogen) atoms. The monoisotopic (exact) mass is 241 g/mol. The number of carbonyl (C=O) groups is 2. The molecule has 0 aliphatic carbocycles. The summed E-state index contributed by atoms with van der Waals surface area (Å²) in [6.07, 6.45) is -6.22. The van der Waals surface area contributed by atoms with Crippen molar-refractivity contribution in [3.8, 4) is 0 Å². The molecule has 1 aliphatic rings. The summed E-state index contributed by atoms with van der Waals surface area (Å²) in [6.45, 7) is -0.726. The summed E-state index contributed by atoms with van der Waals surface area (Å²) in [5.41, 5.74) is 0. The van der Waals surface area contributed by atoms with Crippen LogP contribution in [0.5, 0.6) is 0 Å². The van der Waals surface area contributed by atoms with Crippen molar-refractivity contribution in [2.45, 2.75) is 18.7 Å². The lowest BCUT2D eigenvalue weighted by atomic mass is 10.2. The van der Waals surface area contributed by atoms with Gasteiger partial charge in [0, 0.05) is 19.5 Å². The van der Waals surface area contributed by atoms with E-state index in [-0.39, 0.29) is 26.1 Å². The second-order valence-electron chi connectivity index (χ2n) is 3.28. The molecule has 8 heteroatoms. The van der Waals surface area contributed by atoms with E-state index in [2.05, 4.69) is 0 Å². The molecule has 1 aliphatic heterocycles. The first kappa shape index (κ1) is 12.8. The first-order valence-electron chi connectivity index (χ1n) is 4.53. The number of hydrogen-bond donors (Lipinski definition) is 1. The van der Waals surface area contributed by atoms with E-state index in [1.165, 1.54) is 0 Å². The highest BCUT2D eigenvalue weighted by molar-refractivity contribution is 5.82. The van der Waals surface area contributed by atoms with Crippen molar-refractivity contribution in [2.75, 3.05) is 19.7 Å². The van der Waals surface area contributed by atoms with Gasteiger partial charge in [-0.15, -0.1) is 0 Å². The molecule has 1 N–H and O–H groups in total. The number of halogens is 3. The van der Waals surface area contributed by atoms with Crippen LogP contribution in [0.25, 0.3) is 0 Å². The standard InChI is InChI=1S/C8H10F3NO4/c9-8(10,11)7(15)12-2-1-5(6(13)14)16-4-3-12/h5H,1-4H2,(H,13,14). The maximum absolute atomic E-state index is 12.1. The van der Waals surface area contributed by atoms with Gasteiger partial charge in [-0.05, 0) is 0 Å². The van der Waals surface area contributed by atoms with Crippen LogP contribution in [-0.4, -0.2) is 53.9 Å². The van der Waals surface area contributed by atoms with Crippen LogP contribution in [0.1, 0.15) is 6.42 Å². The van der Waals surface area contributed by atoms with Crippen LogP contribution < -0.4 is 0 Å². The van der Waals surface area contributed by atoms with E-state index in [1.807, 2.05) is 0 Å². The summed E-state index contributed by atoms with van der Waals surface area (Å²) in [5.74, 6) is -3.19. The molecule has 1 amide bonds. The third kappa shape index (κ3) is 3.09. The number of amides is 1. The molecule has 1 heterocycles. The normalized spacial score (nSPS) is 22.7. The topological polar surface area (TPSA) is 66.8 Å². The predicted octanol–water partition coefficient (Wildman–Crippen LogP) is 0.251. The van der Waals surface area contributed by atoms with E-state index in [0.717, 1.165) is 0 Å². The van der Waals surface area contributed by atoms with Crippen molar-refractivity contribution < 1.29 is 32.6 Å². The van der Waals surface area contributed by atoms with E-state index < -0.39 is 24.2 Å². The fourth-order valence-electron chi connectivity index (χ4n) is 1.35. The van der Waals surface area contributed by atoms with Crippen molar-refractivity contribution >= 4 is 11.9 Å². The number of ether oxygens (including phenoxy) is 1. The third-order valence-corrected chi connectivity index (χ3v) is 2.15. The van der Waals surface area contributed by atoms with Crippen LogP contribution in [0.2, 0.25) is 0 Å². The lowest BCUT2D eigenvalue weighted by Gasteiger charge is -2.20. The lowest BCUT2D eigenvalue weighted by Crippen LogP contribution is -2.42. The van der Waals surface area contributed by atoms with Crippen molar-refractivity contribution in [2.24, 2.45) is 0 Å². The molecule has 0 bridgehead atoms. The molecule has 0 aromatic heterocycles. The molecule has 92 valence electrons. The first-order valence-corrected chi connectivity index (χ1v) is 4.53. The Kier molecular flexibility index (Phi) is 3.74. The molecule has 0 radical (unpaired) electrons. The number of rotatable bonds is 1. The van der Waals surface area contributed by atoms with Gasteiger partial charge in [-0.3, -0.25) is 4.79 Å². The molecule has 0 aromatic carbocycles. The van der Waals surface area contributed by atoms with Gasteiger partial charge in [-0.2, -0.15) is 13.2 Å². The van der Waals surface area contributed by atoms with E-state index in [0.29, 0.717) is 4.90 Å². The van der Waals surface area contributed by atoms with E-state index in [4.69, 9.17) is 9.84 Å². The van der Waals surface area contributed by atoms with Gasteiger partial charge in [0.05, 0.1) is 6.61 Å². The average Bonchev–Trinajstić information content (AvgIpc) is 2.39. The fraction of sp³-hybridized carbons (Fsp3) is 0.750. The summed E-state index contributed by atoms with van der Waals surface area (Å²) < 4.78 is 41.0. The van der Waals surface area contributed by atoms with Gasteiger partial charge >= 0.3 is 18.1 Å². The lowest BCUT2D eigenvalue weighted by molar-refractivity contribution is -0.185. The molecule has 1 saturated heterocycles. The Morgan fingerprint density at radius 1 is 1.31 bits per heavy atom. The first-order chi connectivity index (χ1) is 7.32. The fourth-order valence-corrected chi connectivity index (χ4v) is 1.35. The number of aliphatic carboxylic acids is 1. The Morgan fingerprint density at radius 2 is 1.94 bits per heavy atom. The predicted molar refractivity (Wildman–Crippen MR) is 44.6 cm³/mol. The summed E-state index contributed by atoms with van der Waals surface area (Å²) >= 11 is 0. The Morgan fingerprint density at radius 3 is 2.44 bits per heavy atom. The zero-order valence-corrected chi connectivity index (χ0v) is 8.16. The minimum Gasteiger partial charge on any atom is -0.479 e. The molecule has 0 spiro atoms. The van der Waals surface area contributed by atoms with Gasteiger partial charge in [0.25, 0.3) is 0 Å². The zero-order chi connectivity index (χ0) is 12.3. The number of carboxylic acids is 1. The largest absolute Gasteiger partial charge is 0.479 e. The maximum Gasteiger partial charge on any atom is 0.471 e. The highest BCUT2D eigenvalue weighted by Gasteiger charge is 2.43. The van der Waals surface area contributed by atoms with Gasteiger partial charge in [-0.25, -0.2) is 4.79 Å². The van der Waals surface area contributed by atoms with Crippen LogP contribution in [-0.2, 0) is 14.3 Å². The smallest absolute Gasteiger partial charge is 0.471 e. The van der Waals surface area contributed by atoms with Crippen molar-refractivity contribution in [1.82, 2.24) is 4.90 Å². The van der Waals surface area contributed by atoms with Gasteiger partial charge in [0.1, 0.15) is 0 Å². The SMILES string of the molecule is O=C(O)C1CCN(C(=O)C(F)(F)F)CCO1. The number of hydrogen-bond acceptors (Lipinski definition) is 3. The Balaban J connectivity index is 2.60. The van der Waals surface area contributed by atoms with Crippen LogP contribution in [0.3, 0.4) is 0 Å². The quantitative estimate of drug-likeness (QED) is 0.714. The van der Waals surface area contributed by atoms with Crippen LogP contribution >= 0.6 is 0 Å².